The molecule has 0 aliphatic carbocycles. The molecule has 2 atom stereocenters. The first-order valence-electron chi connectivity index (χ1n) is 6.90. The second-order valence-corrected chi connectivity index (χ2v) is 5.69. The molecule has 0 aromatic carbocycles. The van der Waals surface area contributed by atoms with Crippen LogP contribution in [0.25, 0.3) is 0 Å². The Balaban J connectivity index is 1.84. The summed E-state index contributed by atoms with van der Waals surface area (Å²) in [7, 11) is 0. The van der Waals surface area contributed by atoms with Crippen LogP contribution in [-0.4, -0.2) is 65.9 Å². The lowest BCUT2D eigenvalue weighted by Crippen LogP contribution is -2.44. The first kappa shape index (κ1) is 13.6. The Bertz CT molecular complexity index is 296. The quantitative estimate of drug-likeness (QED) is 0.812. The summed E-state index contributed by atoms with van der Waals surface area (Å²) in [6.07, 6.45) is 1.78. The minimum Gasteiger partial charge on any atom is -0.442 e. The van der Waals surface area contributed by atoms with Crippen molar-refractivity contribution in [1.82, 2.24) is 9.80 Å². The topological polar surface area (TPSA) is 53.0 Å². The molecule has 5 nitrogen and oxygen atoms in total. The van der Waals surface area contributed by atoms with Crippen molar-refractivity contribution in [2.75, 3.05) is 32.8 Å². The SMILES string of the molecule is CC(C)N1CCCC(CN2C[C@H](CO)OC2=O)C1. The van der Waals surface area contributed by atoms with Crippen LogP contribution in [0.1, 0.15) is 26.7 Å². The second kappa shape index (κ2) is 5.89. The molecule has 2 fully saturated rings. The molecule has 1 N–H and O–H groups in total. The number of carbonyl (C=O) groups is 1. The molecule has 0 radical (unpaired) electrons. The van der Waals surface area contributed by atoms with Crippen LogP contribution in [0.2, 0.25) is 0 Å². The summed E-state index contributed by atoms with van der Waals surface area (Å²) in [5.41, 5.74) is 0. The molecule has 2 aliphatic rings. The molecule has 18 heavy (non-hydrogen) atoms. The standard InChI is InChI=1S/C13H24N2O3/c1-10(2)14-5-3-4-11(6-14)7-15-8-12(9-16)18-13(15)17/h10-12,16H,3-9H2,1-2H3/t11?,12-/m1/s1. The van der Waals surface area contributed by atoms with Gasteiger partial charge in [0, 0.05) is 19.1 Å². The summed E-state index contributed by atoms with van der Waals surface area (Å²) in [5.74, 6) is 0.533. The highest BCUT2D eigenvalue weighted by Gasteiger charge is 2.33. The van der Waals surface area contributed by atoms with Crippen molar-refractivity contribution in [3.8, 4) is 0 Å². The molecule has 0 aromatic heterocycles. The van der Waals surface area contributed by atoms with E-state index in [-0.39, 0.29) is 18.8 Å². The molecule has 0 aromatic rings. The Morgan fingerprint density at radius 1 is 1.44 bits per heavy atom. The molecule has 0 saturated carbocycles. The van der Waals surface area contributed by atoms with Crippen molar-refractivity contribution in [1.29, 1.82) is 0 Å². The summed E-state index contributed by atoms with van der Waals surface area (Å²) in [4.78, 5) is 15.8. The van der Waals surface area contributed by atoms with Crippen LogP contribution in [0, 0.1) is 5.92 Å². The van der Waals surface area contributed by atoms with Gasteiger partial charge in [0.05, 0.1) is 13.2 Å². The van der Waals surface area contributed by atoms with Gasteiger partial charge in [0.2, 0.25) is 0 Å². The van der Waals surface area contributed by atoms with Gasteiger partial charge < -0.3 is 19.6 Å². The molecule has 2 saturated heterocycles. The molecule has 1 amide bonds. The first-order chi connectivity index (χ1) is 8.60. The number of nitrogens with zero attached hydrogens (tertiary/aromatic N) is 2. The monoisotopic (exact) mass is 256 g/mol. The summed E-state index contributed by atoms with van der Waals surface area (Å²) in [5, 5.41) is 9.01. The zero-order valence-corrected chi connectivity index (χ0v) is 11.3. The zero-order chi connectivity index (χ0) is 13.1. The first-order valence-corrected chi connectivity index (χ1v) is 6.90. The Morgan fingerprint density at radius 3 is 2.83 bits per heavy atom. The Kier molecular flexibility index (Phi) is 4.45. The predicted molar refractivity (Wildman–Crippen MR) is 68.4 cm³/mol. The van der Waals surface area contributed by atoms with Crippen LogP contribution >= 0.6 is 0 Å². The van der Waals surface area contributed by atoms with E-state index < -0.39 is 0 Å². The van der Waals surface area contributed by atoms with Crippen LogP contribution in [0.5, 0.6) is 0 Å². The smallest absolute Gasteiger partial charge is 0.410 e. The lowest BCUT2D eigenvalue weighted by atomic mass is 9.96. The Morgan fingerprint density at radius 2 is 2.22 bits per heavy atom. The third-order valence-electron chi connectivity index (χ3n) is 3.91. The average molecular weight is 256 g/mol. The highest BCUT2D eigenvalue weighted by molar-refractivity contribution is 5.69. The summed E-state index contributed by atoms with van der Waals surface area (Å²) in [6.45, 7) is 7.88. The molecule has 2 rings (SSSR count). The number of aliphatic hydroxyl groups excluding tert-OH is 1. The maximum Gasteiger partial charge on any atom is 0.410 e. The van der Waals surface area contributed by atoms with Gasteiger partial charge in [0.15, 0.2) is 0 Å². The van der Waals surface area contributed by atoms with Gasteiger partial charge in [-0.05, 0) is 39.2 Å². The summed E-state index contributed by atoms with van der Waals surface area (Å²) >= 11 is 0. The van der Waals surface area contributed by atoms with E-state index in [0.717, 1.165) is 19.6 Å². The number of ether oxygens (including phenoxy) is 1. The Hall–Kier alpha value is -0.810. The number of carbonyl (C=O) groups excluding carboxylic acids is 1. The lowest BCUT2D eigenvalue weighted by molar-refractivity contribution is 0.0930. The molecule has 2 aliphatic heterocycles. The normalized spacial score (nSPS) is 30.0. The van der Waals surface area contributed by atoms with Crippen molar-refractivity contribution in [2.45, 2.75) is 38.8 Å². The fourth-order valence-electron chi connectivity index (χ4n) is 2.85. The van der Waals surface area contributed by atoms with Crippen LogP contribution in [0.4, 0.5) is 4.79 Å². The van der Waals surface area contributed by atoms with E-state index in [1.165, 1.54) is 12.8 Å². The van der Waals surface area contributed by atoms with Crippen molar-refractivity contribution in [3.05, 3.63) is 0 Å². The maximum atomic E-state index is 11.6. The number of likely N-dealkylation sites (tertiary alicyclic amines) is 1. The van der Waals surface area contributed by atoms with Gasteiger partial charge in [-0.25, -0.2) is 4.79 Å². The molecule has 0 bridgehead atoms. The number of aliphatic hydroxyl groups is 1. The van der Waals surface area contributed by atoms with Crippen molar-refractivity contribution >= 4 is 6.09 Å². The number of rotatable bonds is 4. The second-order valence-electron chi connectivity index (χ2n) is 5.69. The largest absolute Gasteiger partial charge is 0.442 e. The number of cyclic esters (lactones) is 1. The van der Waals surface area contributed by atoms with Gasteiger partial charge in [0.1, 0.15) is 6.10 Å². The molecule has 2 heterocycles. The van der Waals surface area contributed by atoms with E-state index in [1.54, 1.807) is 4.90 Å². The van der Waals surface area contributed by atoms with E-state index in [2.05, 4.69) is 18.7 Å². The van der Waals surface area contributed by atoms with Crippen molar-refractivity contribution < 1.29 is 14.6 Å². The van der Waals surface area contributed by atoms with E-state index in [9.17, 15) is 4.79 Å². The van der Waals surface area contributed by atoms with Gasteiger partial charge in [-0.2, -0.15) is 0 Å². The zero-order valence-electron chi connectivity index (χ0n) is 11.3. The van der Waals surface area contributed by atoms with E-state index in [1.807, 2.05) is 0 Å². The van der Waals surface area contributed by atoms with Crippen LogP contribution in [0.15, 0.2) is 0 Å². The number of hydrogen-bond donors (Lipinski definition) is 1. The Labute approximate surface area is 109 Å². The van der Waals surface area contributed by atoms with Gasteiger partial charge in [0.25, 0.3) is 0 Å². The van der Waals surface area contributed by atoms with Gasteiger partial charge in [-0.1, -0.05) is 0 Å². The minimum absolute atomic E-state index is 0.0783. The average Bonchev–Trinajstić information content (AvgIpc) is 2.70. The van der Waals surface area contributed by atoms with Crippen molar-refractivity contribution in [3.63, 3.8) is 0 Å². The van der Waals surface area contributed by atoms with E-state index in [0.29, 0.717) is 18.5 Å². The number of piperidine rings is 1. The molecular weight excluding hydrogens is 232 g/mol. The third-order valence-corrected chi connectivity index (χ3v) is 3.91. The fraction of sp³-hybridized carbons (Fsp3) is 0.923. The van der Waals surface area contributed by atoms with Crippen LogP contribution in [-0.2, 0) is 4.74 Å². The minimum atomic E-state index is -0.331. The van der Waals surface area contributed by atoms with Gasteiger partial charge in [-0.3, -0.25) is 0 Å². The van der Waals surface area contributed by atoms with Crippen LogP contribution in [0.3, 0.4) is 0 Å². The number of hydrogen-bond acceptors (Lipinski definition) is 4. The molecule has 104 valence electrons. The summed E-state index contributed by atoms with van der Waals surface area (Å²) in [6, 6.07) is 0.573. The predicted octanol–water partition coefficient (Wildman–Crippen LogP) is 0.920. The highest BCUT2D eigenvalue weighted by Crippen LogP contribution is 2.21. The summed E-state index contributed by atoms with van der Waals surface area (Å²) < 4.78 is 5.06. The van der Waals surface area contributed by atoms with Crippen LogP contribution < -0.4 is 0 Å². The molecule has 1 unspecified atom stereocenters. The highest BCUT2D eigenvalue weighted by atomic mass is 16.6. The molecule has 5 heteroatoms. The van der Waals surface area contributed by atoms with E-state index >= 15 is 0 Å². The fourth-order valence-corrected chi connectivity index (χ4v) is 2.85. The van der Waals surface area contributed by atoms with Gasteiger partial charge in [-0.15, -0.1) is 0 Å². The third kappa shape index (κ3) is 3.14. The molecular formula is C13H24N2O3. The maximum absolute atomic E-state index is 11.6. The lowest BCUT2D eigenvalue weighted by Gasteiger charge is -2.36. The van der Waals surface area contributed by atoms with E-state index in [4.69, 9.17) is 9.84 Å². The van der Waals surface area contributed by atoms with Crippen molar-refractivity contribution in [2.24, 2.45) is 5.92 Å². The number of amides is 1. The van der Waals surface area contributed by atoms with Gasteiger partial charge >= 0.3 is 6.09 Å². The molecule has 0 spiro atoms.